The molecule has 0 aromatic rings. The molecule has 0 aromatic heterocycles. The average Bonchev–Trinajstić information content (AvgIpc) is 2.11. The molecule has 0 saturated carbocycles. The average molecular weight is 196 g/mol. The minimum absolute atomic E-state index is 0.177. The van der Waals surface area contributed by atoms with Crippen LogP contribution in [0.2, 0.25) is 0 Å². The van der Waals surface area contributed by atoms with Crippen LogP contribution in [0.15, 0.2) is 11.1 Å². The summed E-state index contributed by atoms with van der Waals surface area (Å²) in [7, 11) is 1.88. The first-order valence-electron chi connectivity index (χ1n) is 5.24. The van der Waals surface area contributed by atoms with Crippen molar-refractivity contribution in [3.8, 4) is 0 Å². The third-order valence-corrected chi connectivity index (χ3v) is 3.10. The molecule has 1 fully saturated rings. The van der Waals surface area contributed by atoms with E-state index in [1.807, 2.05) is 18.9 Å². The number of hydrogen-bond donors (Lipinski definition) is 1. The van der Waals surface area contributed by atoms with Gasteiger partial charge in [0.25, 0.3) is 0 Å². The number of nitrogens with zero attached hydrogens (tertiary/aromatic N) is 1. The lowest BCUT2D eigenvalue weighted by molar-refractivity contribution is -0.127. The van der Waals surface area contributed by atoms with Gasteiger partial charge >= 0.3 is 0 Å². The zero-order valence-electron chi connectivity index (χ0n) is 9.55. The molecule has 14 heavy (non-hydrogen) atoms. The SMILES string of the molecule is CCC(C)N(C)C(=O)C(C)=C1CNC1. The highest BCUT2D eigenvalue weighted by molar-refractivity contribution is 5.94. The Hall–Kier alpha value is -0.830. The smallest absolute Gasteiger partial charge is 0.249 e. The summed E-state index contributed by atoms with van der Waals surface area (Å²) in [5.41, 5.74) is 2.18. The summed E-state index contributed by atoms with van der Waals surface area (Å²) >= 11 is 0. The predicted molar refractivity (Wildman–Crippen MR) is 58.1 cm³/mol. The van der Waals surface area contributed by atoms with Crippen molar-refractivity contribution in [2.75, 3.05) is 20.1 Å². The molecule has 80 valence electrons. The maximum atomic E-state index is 11.9. The minimum atomic E-state index is 0.177. The van der Waals surface area contributed by atoms with E-state index in [1.54, 1.807) is 0 Å². The molecule has 1 N–H and O–H groups in total. The van der Waals surface area contributed by atoms with Gasteiger partial charge in [-0.3, -0.25) is 4.79 Å². The number of rotatable bonds is 3. The van der Waals surface area contributed by atoms with Gasteiger partial charge in [-0.1, -0.05) is 6.92 Å². The zero-order valence-corrected chi connectivity index (χ0v) is 9.55. The monoisotopic (exact) mass is 196 g/mol. The van der Waals surface area contributed by atoms with Crippen LogP contribution in [0, 0.1) is 0 Å². The molecular weight excluding hydrogens is 176 g/mol. The first-order chi connectivity index (χ1) is 6.57. The molecule has 0 aliphatic carbocycles. The third kappa shape index (κ3) is 2.15. The van der Waals surface area contributed by atoms with E-state index in [9.17, 15) is 4.79 Å². The van der Waals surface area contributed by atoms with Crippen molar-refractivity contribution in [1.29, 1.82) is 0 Å². The number of amides is 1. The van der Waals surface area contributed by atoms with Crippen molar-refractivity contribution < 1.29 is 4.79 Å². The zero-order chi connectivity index (χ0) is 10.7. The Balaban J connectivity index is 2.64. The summed E-state index contributed by atoms with van der Waals surface area (Å²) in [6.45, 7) is 7.87. The highest BCUT2D eigenvalue weighted by atomic mass is 16.2. The summed E-state index contributed by atoms with van der Waals surface area (Å²) < 4.78 is 0. The van der Waals surface area contributed by atoms with Crippen LogP contribution in [0.5, 0.6) is 0 Å². The van der Waals surface area contributed by atoms with Crippen LogP contribution in [-0.4, -0.2) is 37.0 Å². The van der Waals surface area contributed by atoms with Gasteiger partial charge in [-0.05, 0) is 25.8 Å². The van der Waals surface area contributed by atoms with Crippen molar-refractivity contribution in [1.82, 2.24) is 10.2 Å². The molecule has 1 saturated heterocycles. The van der Waals surface area contributed by atoms with Crippen LogP contribution < -0.4 is 5.32 Å². The fourth-order valence-corrected chi connectivity index (χ4v) is 1.40. The van der Waals surface area contributed by atoms with Crippen molar-refractivity contribution in [2.45, 2.75) is 33.2 Å². The van der Waals surface area contributed by atoms with Crippen LogP contribution >= 0.6 is 0 Å². The Morgan fingerprint density at radius 2 is 2.14 bits per heavy atom. The Morgan fingerprint density at radius 3 is 2.50 bits per heavy atom. The lowest BCUT2D eigenvalue weighted by atomic mass is 10.0. The first-order valence-corrected chi connectivity index (χ1v) is 5.24. The summed E-state index contributed by atoms with van der Waals surface area (Å²) in [6.07, 6.45) is 1.00. The Kier molecular flexibility index (Phi) is 3.69. The molecule has 1 heterocycles. The molecule has 1 rings (SSSR count). The van der Waals surface area contributed by atoms with Gasteiger partial charge in [0.05, 0.1) is 0 Å². The fourth-order valence-electron chi connectivity index (χ4n) is 1.40. The molecule has 0 spiro atoms. The number of likely N-dealkylation sites (N-methyl/N-ethyl adjacent to an activating group) is 1. The topological polar surface area (TPSA) is 32.3 Å². The normalized spacial score (nSPS) is 17.3. The van der Waals surface area contributed by atoms with Gasteiger partial charge in [-0.15, -0.1) is 0 Å². The number of carbonyl (C=O) groups excluding carboxylic acids is 1. The van der Waals surface area contributed by atoms with E-state index < -0.39 is 0 Å². The molecule has 1 atom stereocenters. The molecular formula is C11H20N2O. The molecule has 1 aliphatic heterocycles. The molecule has 3 nitrogen and oxygen atoms in total. The molecule has 0 radical (unpaired) electrons. The maximum absolute atomic E-state index is 11.9. The van der Waals surface area contributed by atoms with Crippen molar-refractivity contribution >= 4 is 5.91 Å². The summed E-state index contributed by atoms with van der Waals surface area (Å²) in [5, 5.41) is 3.15. The second-order valence-electron chi connectivity index (χ2n) is 4.01. The second kappa shape index (κ2) is 4.60. The molecule has 0 bridgehead atoms. The molecule has 0 aromatic carbocycles. The quantitative estimate of drug-likeness (QED) is 0.687. The van der Waals surface area contributed by atoms with E-state index in [0.717, 1.165) is 25.1 Å². The summed E-state index contributed by atoms with van der Waals surface area (Å²) in [4.78, 5) is 13.8. The van der Waals surface area contributed by atoms with Crippen LogP contribution in [0.4, 0.5) is 0 Å². The van der Waals surface area contributed by atoms with Crippen molar-refractivity contribution in [3.63, 3.8) is 0 Å². The largest absolute Gasteiger partial charge is 0.339 e. The molecule has 1 amide bonds. The van der Waals surface area contributed by atoms with Crippen LogP contribution in [0.3, 0.4) is 0 Å². The Morgan fingerprint density at radius 1 is 1.57 bits per heavy atom. The molecule has 1 unspecified atom stereocenters. The highest BCUT2D eigenvalue weighted by Crippen LogP contribution is 2.13. The van der Waals surface area contributed by atoms with Gasteiger partial charge in [-0.2, -0.15) is 0 Å². The van der Waals surface area contributed by atoms with E-state index in [1.165, 1.54) is 5.57 Å². The van der Waals surface area contributed by atoms with Crippen LogP contribution in [-0.2, 0) is 4.79 Å². The Labute approximate surface area is 86.2 Å². The summed E-state index contributed by atoms with van der Waals surface area (Å²) in [6, 6.07) is 0.325. The number of nitrogens with one attached hydrogen (secondary N) is 1. The van der Waals surface area contributed by atoms with Gasteiger partial charge in [0, 0.05) is 31.8 Å². The van der Waals surface area contributed by atoms with E-state index in [4.69, 9.17) is 0 Å². The number of hydrogen-bond acceptors (Lipinski definition) is 2. The van der Waals surface area contributed by atoms with Gasteiger partial charge in [0.2, 0.25) is 5.91 Å². The Bertz CT molecular complexity index is 252. The first kappa shape index (κ1) is 11.2. The van der Waals surface area contributed by atoms with Gasteiger partial charge in [-0.25, -0.2) is 0 Å². The van der Waals surface area contributed by atoms with Gasteiger partial charge in [0.15, 0.2) is 0 Å². The van der Waals surface area contributed by atoms with Gasteiger partial charge in [0.1, 0.15) is 0 Å². The standard InChI is InChI=1S/C11H20N2O/c1-5-8(2)13(4)11(14)9(3)10-6-12-7-10/h8,12H,5-7H2,1-4H3. The number of carbonyl (C=O) groups is 1. The lowest BCUT2D eigenvalue weighted by Crippen LogP contribution is -2.40. The van der Waals surface area contributed by atoms with E-state index in [2.05, 4.69) is 19.2 Å². The second-order valence-corrected chi connectivity index (χ2v) is 4.01. The van der Waals surface area contributed by atoms with Crippen molar-refractivity contribution in [2.24, 2.45) is 0 Å². The van der Waals surface area contributed by atoms with Crippen molar-refractivity contribution in [3.05, 3.63) is 11.1 Å². The van der Waals surface area contributed by atoms with Crippen LogP contribution in [0.1, 0.15) is 27.2 Å². The van der Waals surface area contributed by atoms with Gasteiger partial charge < -0.3 is 10.2 Å². The molecule has 3 heteroatoms. The fraction of sp³-hybridized carbons (Fsp3) is 0.727. The van der Waals surface area contributed by atoms with E-state index >= 15 is 0 Å². The minimum Gasteiger partial charge on any atom is -0.339 e. The van der Waals surface area contributed by atoms with Crippen LogP contribution in [0.25, 0.3) is 0 Å². The third-order valence-electron chi connectivity index (χ3n) is 3.10. The molecule has 1 aliphatic rings. The lowest BCUT2D eigenvalue weighted by Gasteiger charge is -2.27. The predicted octanol–water partition coefficient (Wildman–Crippen LogP) is 1.16. The van der Waals surface area contributed by atoms with E-state index in [0.29, 0.717) is 6.04 Å². The van der Waals surface area contributed by atoms with E-state index in [-0.39, 0.29) is 5.91 Å². The summed E-state index contributed by atoms with van der Waals surface area (Å²) in [5.74, 6) is 0.177. The maximum Gasteiger partial charge on any atom is 0.249 e. The highest BCUT2D eigenvalue weighted by Gasteiger charge is 2.20.